The molecule has 0 radical (unpaired) electrons. The molecule has 30 heavy (non-hydrogen) atoms. The number of hydrogen-bond donors (Lipinski definition) is 2. The molecule has 2 unspecified atom stereocenters. The predicted molar refractivity (Wildman–Crippen MR) is 120 cm³/mol. The highest BCUT2D eigenvalue weighted by atomic mass is 32.1. The van der Waals surface area contributed by atoms with Crippen molar-refractivity contribution in [2.75, 3.05) is 13.2 Å². The van der Waals surface area contributed by atoms with Gasteiger partial charge in [0.25, 0.3) is 0 Å². The van der Waals surface area contributed by atoms with Gasteiger partial charge >= 0.3 is 6.18 Å². The topological polar surface area (TPSA) is 33.3 Å². The molecule has 0 saturated heterocycles. The van der Waals surface area contributed by atoms with Gasteiger partial charge in [0, 0.05) is 16.6 Å². The van der Waals surface area contributed by atoms with E-state index in [2.05, 4.69) is 17.2 Å². The summed E-state index contributed by atoms with van der Waals surface area (Å²) in [4.78, 5) is 0. The second-order valence-corrected chi connectivity index (χ2v) is 6.86. The van der Waals surface area contributed by atoms with Crippen molar-refractivity contribution in [2.24, 2.45) is 0 Å². The number of nitrogens with one attached hydrogen (secondary N) is 2. The number of ether oxygens (including phenoxy) is 1. The Kier molecular flexibility index (Phi) is 8.87. The summed E-state index contributed by atoms with van der Waals surface area (Å²) in [6.45, 7) is 9.11. The lowest BCUT2D eigenvalue weighted by Crippen LogP contribution is -2.33. The maximum atomic E-state index is 12.9. The Bertz CT molecular complexity index is 854. The largest absolute Gasteiger partial charge is 0.491 e. The number of halogens is 3. The second-order valence-electron chi connectivity index (χ2n) is 6.59. The van der Waals surface area contributed by atoms with Gasteiger partial charge in [-0.25, -0.2) is 0 Å². The Morgan fingerprint density at radius 1 is 1.23 bits per heavy atom. The fourth-order valence-corrected chi connectivity index (χ4v) is 3.31. The standard InChI is InChI=1S/C21H21F3N2OS.C2H6/c1-14(15-5-4-6-16(11-15)21(22,23)24)26-17(13-28)9-10-25-19-12-27-20-8-3-2-7-18(19)20;1-2/h2-8,11,13,17,19,25-26H,1,9-10,12H2;1-2H3. The molecule has 0 fully saturated rings. The van der Waals surface area contributed by atoms with Crippen LogP contribution in [-0.4, -0.2) is 24.6 Å². The smallest absolute Gasteiger partial charge is 0.416 e. The van der Waals surface area contributed by atoms with Crippen molar-refractivity contribution in [2.45, 2.75) is 38.5 Å². The van der Waals surface area contributed by atoms with Crippen LogP contribution in [0.25, 0.3) is 5.70 Å². The van der Waals surface area contributed by atoms with E-state index in [1.165, 1.54) is 6.07 Å². The lowest BCUT2D eigenvalue weighted by Gasteiger charge is -2.19. The van der Waals surface area contributed by atoms with E-state index in [0.29, 0.717) is 30.8 Å². The zero-order valence-electron chi connectivity index (χ0n) is 17.1. The van der Waals surface area contributed by atoms with Gasteiger partial charge in [0.05, 0.1) is 17.6 Å². The summed E-state index contributed by atoms with van der Waals surface area (Å²) < 4.78 is 44.3. The first-order valence-electron chi connectivity index (χ1n) is 9.92. The van der Waals surface area contributed by atoms with E-state index in [9.17, 15) is 13.2 Å². The number of thiocarbonyl (C=S) groups is 1. The first kappa shape index (κ1) is 23.9. The Morgan fingerprint density at radius 2 is 1.97 bits per heavy atom. The molecule has 3 rings (SSSR count). The molecule has 0 aromatic heterocycles. The van der Waals surface area contributed by atoms with Crippen molar-refractivity contribution >= 4 is 23.3 Å². The minimum absolute atomic E-state index is 0.119. The van der Waals surface area contributed by atoms with Crippen LogP contribution in [0.2, 0.25) is 0 Å². The van der Waals surface area contributed by atoms with Gasteiger partial charge in [-0.2, -0.15) is 13.2 Å². The third-order valence-corrected chi connectivity index (χ3v) is 4.94. The number of benzene rings is 2. The second kappa shape index (κ2) is 11.1. The molecule has 2 atom stereocenters. The summed E-state index contributed by atoms with van der Waals surface area (Å²) in [5, 5.41) is 8.12. The molecule has 7 heteroatoms. The number of hydrogen-bond acceptors (Lipinski definition) is 4. The molecule has 1 heterocycles. The number of alkyl halides is 3. The summed E-state index contributed by atoms with van der Waals surface area (Å²) in [5.41, 5.74) is 1.23. The quantitative estimate of drug-likeness (QED) is 0.515. The van der Waals surface area contributed by atoms with E-state index in [-0.39, 0.29) is 12.1 Å². The minimum Gasteiger partial charge on any atom is -0.491 e. The highest BCUT2D eigenvalue weighted by Gasteiger charge is 2.30. The van der Waals surface area contributed by atoms with Crippen LogP contribution in [0.4, 0.5) is 13.2 Å². The van der Waals surface area contributed by atoms with Gasteiger partial charge in [-0.15, -0.1) is 0 Å². The fraction of sp³-hybridized carbons (Fsp3) is 0.348. The molecule has 162 valence electrons. The van der Waals surface area contributed by atoms with Gasteiger partial charge in [-0.3, -0.25) is 0 Å². The van der Waals surface area contributed by atoms with E-state index in [1.54, 1.807) is 11.4 Å². The first-order chi connectivity index (χ1) is 14.4. The SMILES string of the molecule is C=C(NC(C=S)CCNC1COc2ccccc21)c1cccc(C(F)(F)F)c1.CC. The summed E-state index contributed by atoms with van der Waals surface area (Å²) >= 11 is 5.08. The summed E-state index contributed by atoms with van der Waals surface area (Å²) in [6.07, 6.45) is -3.72. The molecule has 2 aromatic carbocycles. The first-order valence-corrected chi connectivity index (χ1v) is 10.4. The van der Waals surface area contributed by atoms with Gasteiger partial charge in [-0.1, -0.05) is 63.0 Å². The van der Waals surface area contributed by atoms with E-state index in [0.717, 1.165) is 23.4 Å². The van der Waals surface area contributed by atoms with Gasteiger partial charge in [0.2, 0.25) is 0 Å². The van der Waals surface area contributed by atoms with E-state index in [1.807, 2.05) is 38.1 Å². The third kappa shape index (κ3) is 6.31. The van der Waals surface area contributed by atoms with Crippen LogP contribution in [0.5, 0.6) is 5.75 Å². The number of fused-ring (bicyclic) bond motifs is 1. The van der Waals surface area contributed by atoms with E-state index in [4.69, 9.17) is 17.0 Å². The summed E-state index contributed by atoms with van der Waals surface area (Å²) in [6, 6.07) is 12.9. The monoisotopic (exact) mass is 436 g/mol. The molecule has 0 spiro atoms. The average molecular weight is 437 g/mol. The molecular weight excluding hydrogens is 409 g/mol. The normalized spacial score (nSPS) is 15.8. The van der Waals surface area contributed by atoms with Crippen molar-refractivity contribution in [1.82, 2.24) is 10.6 Å². The maximum absolute atomic E-state index is 12.9. The fourth-order valence-electron chi connectivity index (χ4n) is 3.11. The van der Waals surface area contributed by atoms with Crippen LogP contribution < -0.4 is 15.4 Å². The minimum atomic E-state index is -4.39. The van der Waals surface area contributed by atoms with Crippen LogP contribution in [0, 0.1) is 0 Å². The molecule has 2 aromatic rings. The summed E-state index contributed by atoms with van der Waals surface area (Å²) in [5.74, 6) is 0.891. The molecule has 0 amide bonds. The predicted octanol–water partition coefficient (Wildman–Crippen LogP) is 5.77. The van der Waals surface area contributed by atoms with Crippen LogP contribution in [0.15, 0.2) is 55.1 Å². The van der Waals surface area contributed by atoms with Crippen molar-refractivity contribution in [1.29, 1.82) is 0 Å². The van der Waals surface area contributed by atoms with Gasteiger partial charge < -0.3 is 15.4 Å². The molecule has 0 bridgehead atoms. The maximum Gasteiger partial charge on any atom is 0.416 e. The molecule has 3 nitrogen and oxygen atoms in total. The molecule has 0 saturated carbocycles. The molecular formula is C23H27F3N2OS. The Morgan fingerprint density at radius 3 is 2.67 bits per heavy atom. The van der Waals surface area contributed by atoms with E-state index < -0.39 is 11.7 Å². The zero-order chi connectivity index (χ0) is 22.1. The Labute approximate surface area is 181 Å². The highest BCUT2D eigenvalue weighted by Crippen LogP contribution is 2.32. The lowest BCUT2D eigenvalue weighted by atomic mass is 10.1. The van der Waals surface area contributed by atoms with E-state index >= 15 is 0 Å². The van der Waals surface area contributed by atoms with Crippen molar-refractivity contribution < 1.29 is 17.9 Å². The Hall–Kier alpha value is -2.38. The molecule has 0 aliphatic carbocycles. The van der Waals surface area contributed by atoms with Crippen LogP contribution in [-0.2, 0) is 6.18 Å². The third-order valence-electron chi connectivity index (χ3n) is 4.61. The van der Waals surface area contributed by atoms with Crippen LogP contribution in [0.3, 0.4) is 0 Å². The van der Waals surface area contributed by atoms with Gasteiger partial charge in [-0.05, 0) is 36.7 Å². The molecule has 1 aliphatic heterocycles. The van der Waals surface area contributed by atoms with Gasteiger partial charge in [0.1, 0.15) is 12.4 Å². The van der Waals surface area contributed by atoms with Gasteiger partial charge in [0.15, 0.2) is 0 Å². The highest BCUT2D eigenvalue weighted by molar-refractivity contribution is 7.79. The van der Waals surface area contributed by atoms with Crippen molar-refractivity contribution in [3.05, 3.63) is 71.8 Å². The van der Waals surface area contributed by atoms with Crippen LogP contribution in [0.1, 0.15) is 43.0 Å². The lowest BCUT2D eigenvalue weighted by molar-refractivity contribution is -0.137. The number of rotatable bonds is 8. The van der Waals surface area contributed by atoms with Crippen molar-refractivity contribution in [3.8, 4) is 5.75 Å². The molecule has 2 N–H and O–H groups in total. The number of para-hydroxylation sites is 1. The Balaban J connectivity index is 0.00000155. The van der Waals surface area contributed by atoms with Crippen LogP contribution >= 0.6 is 12.2 Å². The zero-order valence-corrected chi connectivity index (χ0v) is 17.9. The summed E-state index contributed by atoms with van der Waals surface area (Å²) in [7, 11) is 0. The average Bonchev–Trinajstić information content (AvgIpc) is 3.17. The van der Waals surface area contributed by atoms with Crippen molar-refractivity contribution in [3.63, 3.8) is 0 Å². The molecule has 1 aliphatic rings.